The van der Waals surface area contributed by atoms with Gasteiger partial charge in [0.05, 0.1) is 70.9 Å². The van der Waals surface area contributed by atoms with Crippen molar-refractivity contribution in [1.29, 1.82) is 5.26 Å². The van der Waals surface area contributed by atoms with E-state index in [-0.39, 0.29) is 11.5 Å². The Labute approximate surface area is 285 Å². The van der Waals surface area contributed by atoms with Crippen LogP contribution in [0.3, 0.4) is 0 Å². The normalized spacial score (nSPS) is 17.7. The highest BCUT2D eigenvalue weighted by molar-refractivity contribution is 6.05. The first kappa shape index (κ1) is 32.2. The van der Waals surface area contributed by atoms with Crippen LogP contribution in [0, 0.1) is 11.3 Å². The number of rotatable bonds is 11. The van der Waals surface area contributed by atoms with E-state index in [9.17, 15) is 10.1 Å². The van der Waals surface area contributed by atoms with Gasteiger partial charge in [-0.25, -0.2) is 0 Å². The Kier molecular flexibility index (Phi) is 9.24. The number of pyridine rings is 2. The maximum atomic E-state index is 13.2. The molecule has 0 radical (unpaired) electrons. The van der Waals surface area contributed by atoms with Gasteiger partial charge in [-0.3, -0.25) is 24.3 Å². The number of nitriles is 1. The second kappa shape index (κ2) is 14.0. The molecule has 1 amide bonds. The highest BCUT2D eigenvalue weighted by Gasteiger charge is 2.41. The highest BCUT2D eigenvalue weighted by atomic mass is 16.5. The lowest BCUT2D eigenvalue weighted by Crippen LogP contribution is -2.55. The van der Waals surface area contributed by atoms with Gasteiger partial charge >= 0.3 is 0 Å². The molecular formula is C38H40N8O3. The van der Waals surface area contributed by atoms with E-state index in [4.69, 9.17) is 14.5 Å². The zero-order chi connectivity index (χ0) is 33.8. The van der Waals surface area contributed by atoms with Crippen LogP contribution >= 0.6 is 0 Å². The number of carbonyl (C=O) groups excluding carboxylic acids is 1. The van der Waals surface area contributed by atoms with Crippen LogP contribution in [0.1, 0.15) is 50.1 Å². The molecule has 5 aromatic rings. The third-order valence-electron chi connectivity index (χ3n) is 9.33. The van der Waals surface area contributed by atoms with Gasteiger partial charge in [0.25, 0.3) is 0 Å². The molecule has 0 aliphatic carbocycles. The van der Waals surface area contributed by atoms with Crippen LogP contribution in [0.25, 0.3) is 21.8 Å². The Hall–Kier alpha value is -5.31. The standard InChI is InChI=1S/C38H40N8O3/c1-3-31-30(22-39)37(42-27-11-12-34-26(19-27)23-41-46(34)24-28-9-5-6-15-40-28)29-20-33(35(48-4-2)21-32(29)43-31)44-36(47)10-7-16-45-17-8-13-38(25-45)14-18-49-38/h5-7,9-12,15,19-21,23H,3-4,8,13-14,16-18,24-25H2,1-2H3,(H,42,43)(H,44,47)/b10-7+/t38-/m0/s1. The first-order valence-corrected chi connectivity index (χ1v) is 17.0. The van der Waals surface area contributed by atoms with Gasteiger partial charge in [-0.05, 0) is 69.1 Å². The number of hydrogen-bond donors (Lipinski definition) is 2. The predicted octanol–water partition coefficient (Wildman–Crippen LogP) is 6.35. The number of benzene rings is 2. The van der Waals surface area contributed by atoms with Crippen LogP contribution < -0.4 is 15.4 Å². The summed E-state index contributed by atoms with van der Waals surface area (Å²) in [7, 11) is 0. The van der Waals surface area contributed by atoms with Crippen LogP contribution in [0.5, 0.6) is 5.75 Å². The molecule has 2 fully saturated rings. The number of hydrogen-bond acceptors (Lipinski definition) is 9. The molecule has 2 aliphatic heterocycles. The van der Waals surface area contributed by atoms with Crippen LogP contribution in [0.2, 0.25) is 0 Å². The van der Waals surface area contributed by atoms with Crippen molar-refractivity contribution >= 4 is 44.8 Å². The second-order valence-electron chi connectivity index (χ2n) is 12.6. The second-order valence-corrected chi connectivity index (χ2v) is 12.6. The van der Waals surface area contributed by atoms with Crippen molar-refractivity contribution in [2.75, 3.05) is 43.5 Å². The summed E-state index contributed by atoms with van der Waals surface area (Å²) in [6.07, 6.45) is 11.0. The van der Waals surface area contributed by atoms with Gasteiger partial charge in [0, 0.05) is 54.3 Å². The maximum Gasteiger partial charge on any atom is 0.248 e. The Balaban J connectivity index is 1.17. The molecule has 250 valence electrons. The number of likely N-dealkylation sites (tertiary alicyclic amines) is 1. The molecule has 1 atom stereocenters. The van der Waals surface area contributed by atoms with E-state index >= 15 is 0 Å². The number of ether oxygens (including phenoxy) is 2. The molecule has 5 heterocycles. The van der Waals surface area contributed by atoms with Gasteiger partial charge in [-0.15, -0.1) is 0 Å². The SMILES string of the molecule is CCOc1cc2nc(CC)c(C#N)c(Nc3ccc4c(cnn4Cc4ccccn4)c3)c2cc1NC(=O)/C=C/CN1CCC[C@]2(CCO2)C1. The van der Waals surface area contributed by atoms with E-state index in [1.54, 1.807) is 12.3 Å². The van der Waals surface area contributed by atoms with E-state index in [2.05, 4.69) is 31.7 Å². The number of piperidine rings is 1. The fourth-order valence-corrected chi connectivity index (χ4v) is 6.84. The molecule has 11 heteroatoms. The lowest BCUT2D eigenvalue weighted by atomic mass is 9.86. The molecule has 0 unspecified atom stereocenters. The van der Waals surface area contributed by atoms with Crippen molar-refractivity contribution in [3.05, 3.63) is 90.0 Å². The van der Waals surface area contributed by atoms with Gasteiger partial charge in [0.2, 0.25) is 5.91 Å². The minimum absolute atomic E-state index is 0.0132. The summed E-state index contributed by atoms with van der Waals surface area (Å²) >= 11 is 0. The van der Waals surface area contributed by atoms with Crippen molar-refractivity contribution < 1.29 is 14.3 Å². The van der Waals surface area contributed by atoms with Crippen molar-refractivity contribution in [2.45, 2.75) is 51.7 Å². The number of aryl methyl sites for hydroxylation is 1. The molecule has 49 heavy (non-hydrogen) atoms. The Morgan fingerprint density at radius 2 is 2.08 bits per heavy atom. The van der Waals surface area contributed by atoms with E-state index in [1.807, 2.05) is 79.3 Å². The summed E-state index contributed by atoms with van der Waals surface area (Å²) in [5.74, 6) is 0.261. The zero-order valence-electron chi connectivity index (χ0n) is 27.9. The first-order chi connectivity index (χ1) is 24.0. The van der Waals surface area contributed by atoms with Crippen molar-refractivity contribution in [3.63, 3.8) is 0 Å². The summed E-state index contributed by atoms with van der Waals surface area (Å²) in [6.45, 7) is 8.29. The smallest absolute Gasteiger partial charge is 0.248 e. The fourth-order valence-electron chi connectivity index (χ4n) is 6.84. The Morgan fingerprint density at radius 3 is 2.84 bits per heavy atom. The number of fused-ring (bicyclic) bond motifs is 2. The van der Waals surface area contributed by atoms with Gasteiger partial charge in [-0.2, -0.15) is 10.4 Å². The van der Waals surface area contributed by atoms with E-state index in [1.165, 1.54) is 0 Å². The molecule has 1 spiro atoms. The molecule has 0 saturated carbocycles. The number of nitrogens with zero attached hydrogens (tertiary/aromatic N) is 6. The van der Waals surface area contributed by atoms with Crippen molar-refractivity contribution in [2.24, 2.45) is 0 Å². The van der Waals surface area contributed by atoms with E-state index < -0.39 is 0 Å². The maximum absolute atomic E-state index is 13.2. The predicted molar refractivity (Wildman–Crippen MR) is 190 cm³/mol. The molecule has 2 aliphatic rings. The lowest BCUT2D eigenvalue weighted by molar-refractivity contribution is -0.175. The molecular weight excluding hydrogens is 616 g/mol. The van der Waals surface area contributed by atoms with Crippen LogP contribution in [0.4, 0.5) is 17.1 Å². The number of aromatic nitrogens is 4. The largest absolute Gasteiger partial charge is 0.492 e. The summed E-state index contributed by atoms with van der Waals surface area (Å²) < 4.78 is 13.8. The molecule has 7 rings (SSSR count). The molecule has 0 bridgehead atoms. The topological polar surface area (TPSA) is 130 Å². The van der Waals surface area contributed by atoms with Gasteiger partial charge < -0.3 is 20.1 Å². The molecule has 2 N–H and O–H groups in total. The number of nitrogens with one attached hydrogen (secondary N) is 2. The average Bonchev–Trinajstić information content (AvgIpc) is 3.50. The number of anilines is 3. The van der Waals surface area contributed by atoms with Gasteiger partial charge in [0.15, 0.2) is 0 Å². The summed E-state index contributed by atoms with van der Waals surface area (Å²) in [6, 6.07) is 17.9. The lowest BCUT2D eigenvalue weighted by Gasteiger charge is -2.48. The number of carbonyl (C=O) groups is 1. The van der Waals surface area contributed by atoms with Crippen LogP contribution in [-0.2, 0) is 22.5 Å². The van der Waals surface area contributed by atoms with E-state index in [0.29, 0.717) is 65.4 Å². The highest BCUT2D eigenvalue weighted by Crippen LogP contribution is 2.38. The summed E-state index contributed by atoms with van der Waals surface area (Å²) in [4.78, 5) is 24.8. The quantitative estimate of drug-likeness (QED) is 0.156. The summed E-state index contributed by atoms with van der Waals surface area (Å²) in [5, 5.41) is 23.1. The third-order valence-corrected chi connectivity index (χ3v) is 9.33. The molecule has 2 saturated heterocycles. The van der Waals surface area contributed by atoms with Gasteiger partial charge in [-0.1, -0.05) is 19.1 Å². The van der Waals surface area contributed by atoms with Crippen molar-refractivity contribution in [1.82, 2.24) is 24.6 Å². The third kappa shape index (κ3) is 6.84. The Bertz CT molecular complexity index is 2060. The minimum atomic E-state index is -0.256. The zero-order valence-corrected chi connectivity index (χ0v) is 27.9. The fraction of sp³-hybridized carbons (Fsp3) is 0.342. The molecule has 2 aromatic carbocycles. The van der Waals surface area contributed by atoms with Crippen LogP contribution in [-0.4, -0.2) is 69.0 Å². The molecule has 3 aromatic heterocycles. The summed E-state index contributed by atoms with van der Waals surface area (Å²) in [5.41, 5.74) is 5.63. The van der Waals surface area contributed by atoms with Crippen molar-refractivity contribution in [3.8, 4) is 11.8 Å². The monoisotopic (exact) mass is 656 g/mol. The molecule has 11 nitrogen and oxygen atoms in total. The van der Waals surface area contributed by atoms with Crippen LogP contribution in [0.15, 0.2) is 73.1 Å². The van der Waals surface area contributed by atoms with Gasteiger partial charge in [0.1, 0.15) is 11.8 Å². The first-order valence-electron chi connectivity index (χ1n) is 17.0. The minimum Gasteiger partial charge on any atom is -0.492 e. The Morgan fingerprint density at radius 1 is 1.18 bits per heavy atom. The number of amides is 1. The average molecular weight is 657 g/mol. The van der Waals surface area contributed by atoms with E-state index in [0.717, 1.165) is 61.2 Å².